The summed E-state index contributed by atoms with van der Waals surface area (Å²) in [7, 11) is -1.53. The summed E-state index contributed by atoms with van der Waals surface area (Å²) < 4.78 is 6.03. The van der Waals surface area contributed by atoms with Gasteiger partial charge in [0.05, 0.1) is 0 Å². The average molecular weight is 223 g/mol. The molecule has 0 unspecified atom stereocenters. The lowest BCUT2D eigenvalue weighted by molar-refractivity contribution is 0.552. The number of benzene rings is 1. The van der Waals surface area contributed by atoms with Crippen LogP contribution in [0.25, 0.3) is 0 Å². The molecule has 84 valence electrons. The number of hydrogen-bond acceptors (Lipinski definition) is 2. The van der Waals surface area contributed by atoms with Crippen LogP contribution in [0.5, 0.6) is 5.75 Å². The summed E-state index contributed by atoms with van der Waals surface area (Å²) in [5.41, 5.74) is 10.3. The van der Waals surface area contributed by atoms with Crippen LogP contribution in [-0.4, -0.2) is 8.32 Å². The van der Waals surface area contributed by atoms with Crippen LogP contribution in [0.2, 0.25) is 19.6 Å². The second-order valence-corrected chi connectivity index (χ2v) is 9.50. The van der Waals surface area contributed by atoms with E-state index in [4.69, 9.17) is 10.2 Å². The molecule has 0 bridgehead atoms. The van der Waals surface area contributed by atoms with Crippen molar-refractivity contribution in [3.05, 3.63) is 22.8 Å². The van der Waals surface area contributed by atoms with E-state index < -0.39 is 8.32 Å². The standard InChI is InChI=1S/C12H21NOSi/c1-8-7-11(14-15(4,5)6)9(2)10(3)12(8)13/h7H,13H2,1-6H3. The molecule has 0 fully saturated rings. The van der Waals surface area contributed by atoms with Crippen LogP contribution in [0.15, 0.2) is 6.07 Å². The first-order valence-electron chi connectivity index (χ1n) is 5.27. The molecule has 2 N–H and O–H groups in total. The van der Waals surface area contributed by atoms with Crippen molar-refractivity contribution < 1.29 is 4.43 Å². The maximum atomic E-state index is 6.03. The maximum Gasteiger partial charge on any atom is 0.242 e. The molecular formula is C12H21NOSi. The van der Waals surface area contributed by atoms with Gasteiger partial charge in [0.1, 0.15) is 5.75 Å². The third-order valence-electron chi connectivity index (χ3n) is 2.52. The van der Waals surface area contributed by atoms with E-state index in [1.165, 1.54) is 5.56 Å². The zero-order chi connectivity index (χ0) is 11.8. The van der Waals surface area contributed by atoms with Gasteiger partial charge in [0.2, 0.25) is 8.32 Å². The van der Waals surface area contributed by atoms with Crippen molar-refractivity contribution in [1.29, 1.82) is 0 Å². The largest absolute Gasteiger partial charge is 0.544 e. The number of nitrogens with two attached hydrogens (primary N) is 1. The lowest BCUT2D eigenvalue weighted by Gasteiger charge is -2.23. The van der Waals surface area contributed by atoms with Gasteiger partial charge in [-0.05, 0) is 63.2 Å². The van der Waals surface area contributed by atoms with Gasteiger partial charge in [-0.1, -0.05) is 0 Å². The van der Waals surface area contributed by atoms with Crippen molar-refractivity contribution in [2.75, 3.05) is 5.73 Å². The molecule has 0 saturated heterocycles. The van der Waals surface area contributed by atoms with Gasteiger partial charge in [-0.3, -0.25) is 0 Å². The molecule has 1 aromatic carbocycles. The Hall–Kier alpha value is -0.963. The maximum absolute atomic E-state index is 6.03. The summed E-state index contributed by atoms with van der Waals surface area (Å²) >= 11 is 0. The molecule has 1 rings (SSSR count). The minimum Gasteiger partial charge on any atom is -0.544 e. The van der Waals surface area contributed by atoms with E-state index in [0.29, 0.717) is 0 Å². The molecule has 0 aromatic heterocycles. The van der Waals surface area contributed by atoms with Crippen molar-refractivity contribution in [1.82, 2.24) is 0 Å². The van der Waals surface area contributed by atoms with E-state index in [2.05, 4.69) is 39.6 Å². The van der Waals surface area contributed by atoms with Gasteiger partial charge in [0.15, 0.2) is 0 Å². The highest BCUT2D eigenvalue weighted by atomic mass is 28.4. The first-order chi connectivity index (χ1) is 6.72. The van der Waals surface area contributed by atoms with Crippen molar-refractivity contribution in [3.63, 3.8) is 0 Å². The summed E-state index contributed by atoms with van der Waals surface area (Å²) in [4.78, 5) is 0. The summed E-state index contributed by atoms with van der Waals surface area (Å²) in [6, 6.07) is 2.05. The van der Waals surface area contributed by atoms with Crippen molar-refractivity contribution in [2.45, 2.75) is 40.4 Å². The van der Waals surface area contributed by atoms with E-state index in [9.17, 15) is 0 Å². The minimum absolute atomic E-state index is 0.885. The van der Waals surface area contributed by atoms with E-state index >= 15 is 0 Å². The Morgan fingerprint density at radius 3 is 2.07 bits per heavy atom. The first-order valence-corrected chi connectivity index (χ1v) is 8.68. The fourth-order valence-corrected chi connectivity index (χ4v) is 2.37. The Kier molecular flexibility index (Phi) is 3.14. The zero-order valence-electron chi connectivity index (χ0n) is 10.6. The molecule has 1 aromatic rings. The van der Waals surface area contributed by atoms with Gasteiger partial charge in [0, 0.05) is 5.69 Å². The second kappa shape index (κ2) is 3.89. The highest BCUT2D eigenvalue weighted by molar-refractivity contribution is 6.70. The average Bonchev–Trinajstić information content (AvgIpc) is 2.08. The molecule has 0 radical (unpaired) electrons. The van der Waals surface area contributed by atoms with Crippen LogP contribution < -0.4 is 10.2 Å². The zero-order valence-corrected chi connectivity index (χ0v) is 11.6. The Balaban J connectivity index is 3.21. The van der Waals surface area contributed by atoms with Gasteiger partial charge in [-0.15, -0.1) is 0 Å². The molecule has 3 heteroatoms. The molecule has 0 saturated carbocycles. The van der Waals surface area contributed by atoms with Crippen LogP contribution in [0.4, 0.5) is 5.69 Å². The van der Waals surface area contributed by atoms with E-state index in [0.717, 1.165) is 22.6 Å². The quantitative estimate of drug-likeness (QED) is 0.616. The van der Waals surface area contributed by atoms with Crippen LogP contribution in [0, 0.1) is 20.8 Å². The molecule has 0 heterocycles. The predicted molar refractivity (Wildman–Crippen MR) is 69.0 cm³/mol. The summed E-state index contributed by atoms with van der Waals surface area (Å²) in [6.07, 6.45) is 0. The van der Waals surface area contributed by atoms with Gasteiger partial charge < -0.3 is 10.2 Å². The Morgan fingerprint density at radius 2 is 1.60 bits per heavy atom. The van der Waals surface area contributed by atoms with Gasteiger partial charge in [-0.25, -0.2) is 0 Å². The van der Waals surface area contributed by atoms with Crippen LogP contribution >= 0.6 is 0 Å². The molecule has 0 atom stereocenters. The molecule has 0 aliphatic carbocycles. The van der Waals surface area contributed by atoms with E-state index in [1.807, 2.05) is 6.92 Å². The molecule has 0 amide bonds. The summed E-state index contributed by atoms with van der Waals surface area (Å²) in [5, 5.41) is 0. The van der Waals surface area contributed by atoms with Crippen LogP contribution in [0.3, 0.4) is 0 Å². The summed E-state index contributed by atoms with van der Waals surface area (Å²) in [6.45, 7) is 12.7. The number of nitrogen functional groups attached to an aromatic ring is 1. The lowest BCUT2D eigenvalue weighted by atomic mass is 10.0. The third kappa shape index (κ3) is 2.75. The van der Waals surface area contributed by atoms with Gasteiger partial charge in [-0.2, -0.15) is 0 Å². The molecular weight excluding hydrogens is 202 g/mol. The molecule has 15 heavy (non-hydrogen) atoms. The van der Waals surface area contributed by atoms with Gasteiger partial charge >= 0.3 is 0 Å². The fourth-order valence-electron chi connectivity index (χ4n) is 1.50. The molecule has 0 aliphatic rings. The van der Waals surface area contributed by atoms with Crippen molar-refractivity contribution in [3.8, 4) is 5.75 Å². The molecule has 0 spiro atoms. The van der Waals surface area contributed by atoms with Crippen LogP contribution in [0.1, 0.15) is 16.7 Å². The number of aryl methyl sites for hydroxylation is 1. The Bertz CT molecular complexity index is 380. The molecule has 2 nitrogen and oxygen atoms in total. The van der Waals surface area contributed by atoms with Crippen molar-refractivity contribution in [2.24, 2.45) is 0 Å². The molecule has 0 aliphatic heterocycles. The number of rotatable bonds is 2. The fraction of sp³-hybridized carbons (Fsp3) is 0.500. The Morgan fingerprint density at radius 1 is 1.07 bits per heavy atom. The third-order valence-corrected chi connectivity index (χ3v) is 3.36. The van der Waals surface area contributed by atoms with Gasteiger partial charge in [0.25, 0.3) is 0 Å². The Labute approximate surface area is 93.6 Å². The van der Waals surface area contributed by atoms with E-state index in [-0.39, 0.29) is 0 Å². The van der Waals surface area contributed by atoms with Crippen LogP contribution in [-0.2, 0) is 0 Å². The monoisotopic (exact) mass is 223 g/mol. The van der Waals surface area contributed by atoms with Crippen molar-refractivity contribution >= 4 is 14.0 Å². The highest BCUT2D eigenvalue weighted by Gasteiger charge is 2.19. The predicted octanol–water partition coefficient (Wildman–Crippen LogP) is 3.41. The smallest absolute Gasteiger partial charge is 0.242 e. The van der Waals surface area contributed by atoms with E-state index in [1.54, 1.807) is 0 Å². The number of hydrogen-bond donors (Lipinski definition) is 1. The SMILES string of the molecule is Cc1cc(O[Si](C)(C)C)c(C)c(C)c1N. The normalized spacial score (nSPS) is 11.6. The summed E-state index contributed by atoms with van der Waals surface area (Å²) in [5.74, 6) is 0.998. The topological polar surface area (TPSA) is 35.2 Å². The number of anilines is 1. The lowest BCUT2D eigenvalue weighted by Crippen LogP contribution is -2.29. The first kappa shape index (κ1) is 12.1. The second-order valence-electron chi connectivity index (χ2n) is 5.07. The highest BCUT2D eigenvalue weighted by Crippen LogP contribution is 2.30. The minimum atomic E-state index is -1.53.